The van der Waals surface area contributed by atoms with Gasteiger partial charge in [0.1, 0.15) is 18.6 Å². The summed E-state index contributed by atoms with van der Waals surface area (Å²) in [5, 5.41) is 0. The van der Waals surface area contributed by atoms with E-state index in [2.05, 4.69) is 9.97 Å². The summed E-state index contributed by atoms with van der Waals surface area (Å²) in [6.07, 6.45) is -1.33. The molecule has 0 saturated carbocycles. The van der Waals surface area contributed by atoms with Gasteiger partial charge in [0.2, 0.25) is 0 Å². The third-order valence-corrected chi connectivity index (χ3v) is 2.42. The predicted molar refractivity (Wildman–Crippen MR) is 63.2 cm³/mol. The van der Waals surface area contributed by atoms with E-state index in [1.54, 1.807) is 6.07 Å². The van der Waals surface area contributed by atoms with Crippen molar-refractivity contribution < 1.29 is 22.7 Å². The summed E-state index contributed by atoms with van der Waals surface area (Å²) < 4.78 is 43.7. The van der Waals surface area contributed by atoms with Gasteiger partial charge in [0.05, 0.1) is 5.56 Å². The van der Waals surface area contributed by atoms with Crippen molar-refractivity contribution in [2.45, 2.75) is 12.8 Å². The summed E-state index contributed by atoms with van der Waals surface area (Å²) in [6.45, 7) is -0.190. The summed E-state index contributed by atoms with van der Waals surface area (Å²) >= 11 is 0. The minimum absolute atomic E-state index is 0.0689. The van der Waals surface area contributed by atoms with Gasteiger partial charge in [-0.3, -0.25) is 4.79 Å². The molecular formula is C13H9F3N2O2. The maximum Gasteiger partial charge on any atom is 0.419 e. The lowest BCUT2D eigenvalue weighted by Crippen LogP contribution is -2.10. The Labute approximate surface area is 112 Å². The number of hydrogen-bond acceptors (Lipinski definition) is 4. The molecule has 0 unspecified atom stereocenters. The van der Waals surface area contributed by atoms with Crippen molar-refractivity contribution in [2.75, 3.05) is 0 Å². The van der Waals surface area contributed by atoms with E-state index in [-0.39, 0.29) is 23.7 Å². The van der Waals surface area contributed by atoms with Gasteiger partial charge in [-0.15, -0.1) is 0 Å². The zero-order valence-electron chi connectivity index (χ0n) is 10.1. The van der Waals surface area contributed by atoms with Crippen LogP contribution in [0.2, 0.25) is 0 Å². The Balaban J connectivity index is 2.25. The molecule has 0 bridgehead atoms. The number of aromatic nitrogens is 2. The van der Waals surface area contributed by atoms with Crippen LogP contribution in [0.25, 0.3) is 0 Å². The van der Waals surface area contributed by atoms with Crippen molar-refractivity contribution in [2.24, 2.45) is 0 Å². The van der Waals surface area contributed by atoms with Crippen LogP contribution in [0.1, 0.15) is 21.7 Å². The average Bonchev–Trinajstić information content (AvgIpc) is 2.45. The van der Waals surface area contributed by atoms with Crippen LogP contribution in [0.15, 0.2) is 36.7 Å². The highest BCUT2D eigenvalue weighted by atomic mass is 19.4. The van der Waals surface area contributed by atoms with E-state index in [0.29, 0.717) is 6.29 Å². The molecule has 0 spiro atoms. The van der Waals surface area contributed by atoms with Crippen molar-refractivity contribution in [1.82, 2.24) is 9.97 Å². The van der Waals surface area contributed by atoms with Crippen LogP contribution in [0.4, 0.5) is 13.2 Å². The van der Waals surface area contributed by atoms with E-state index < -0.39 is 11.7 Å². The lowest BCUT2D eigenvalue weighted by atomic mass is 10.1. The summed E-state index contributed by atoms with van der Waals surface area (Å²) in [6, 6.07) is 4.69. The van der Waals surface area contributed by atoms with Gasteiger partial charge in [0, 0.05) is 18.0 Å². The normalized spacial score (nSPS) is 11.2. The Morgan fingerprint density at radius 2 is 1.90 bits per heavy atom. The average molecular weight is 282 g/mol. The molecule has 0 fully saturated rings. The molecule has 0 aliphatic carbocycles. The van der Waals surface area contributed by atoms with Crippen molar-refractivity contribution in [1.29, 1.82) is 0 Å². The zero-order chi connectivity index (χ0) is 14.6. The molecule has 0 aliphatic rings. The number of benzene rings is 1. The third kappa shape index (κ3) is 3.31. The molecule has 1 aromatic carbocycles. The minimum Gasteiger partial charge on any atom is -0.485 e. The molecule has 0 N–H and O–H groups in total. The first-order chi connectivity index (χ1) is 9.50. The first kappa shape index (κ1) is 14.0. The molecule has 0 atom stereocenters. The molecule has 104 valence electrons. The third-order valence-electron chi connectivity index (χ3n) is 2.42. The molecule has 0 radical (unpaired) electrons. The van der Waals surface area contributed by atoms with Gasteiger partial charge >= 0.3 is 6.18 Å². The fraction of sp³-hybridized carbons (Fsp3) is 0.154. The Hall–Kier alpha value is -2.44. The summed E-state index contributed by atoms with van der Waals surface area (Å²) in [5.41, 5.74) is -1.07. The van der Waals surface area contributed by atoms with Crippen LogP contribution in [0.3, 0.4) is 0 Å². The van der Waals surface area contributed by atoms with Crippen molar-refractivity contribution >= 4 is 6.29 Å². The standard InChI is InChI=1S/C13H9F3N2O2/c14-13(15,16)10-6-9(7-19)2-3-11(10)20-8-12-17-4-1-5-18-12/h1-7H,8H2. The smallest absolute Gasteiger partial charge is 0.419 e. The van der Waals surface area contributed by atoms with Gasteiger partial charge in [-0.05, 0) is 24.3 Å². The number of halogens is 3. The molecule has 0 saturated heterocycles. The van der Waals surface area contributed by atoms with Gasteiger partial charge in [0.25, 0.3) is 0 Å². The van der Waals surface area contributed by atoms with Crippen LogP contribution < -0.4 is 4.74 Å². The molecule has 1 heterocycles. The largest absolute Gasteiger partial charge is 0.485 e. The number of rotatable bonds is 4. The second-order valence-electron chi connectivity index (χ2n) is 3.82. The van der Waals surface area contributed by atoms with Crippen molar-refractivity contribution in [3.8, 4) is 5.75 Å². The van der Waals surface area contributed by atoms with Gasteiger partial charge < -0.3 is 4.74 Å². The van der Waals surface area contributed by atoms with Crippen LogP contribution >= 0.6 is 0 Å². The summed E-state index contributed by atoms with van der Waals surface area (Å²) in [4.78, 5) is 18.2. The van der Waals surface area contributed by atoms with Crippen LogP contribution in [0, 0.1) is 0 Å². The highest BCUT2D eigenvalue weighted by molar-refractivity contribution is 5.75. The minimum atomic E-state index is -4.61. The first-order valence-corrected chi connectivity index (χ1v) is 5.56. The van der Waals surface area contributed by atoms with Crippen molar-refractivity contribution in [3.63, 3.8) is 0 Å². The van der Waals surface area contributed by atoms with E-state index in [4.69, 9.17) is 4.74 Å². The van der Waals surface area contributed by atoms with Gasteiger partial charge in [0.15, 0.2) is 5.82 Å². The molecule has 0 amide bonds. The Bertz CT molecular complexity index is 600. The van der Waals surface area contributed by atoms with Gasteiger partial charge in [-0.1, -0.05) is 0 Å². The number of alkyl halides is 3. The number of hydrogen-bond donors (Lipinski definition) is 0. The SMILES string of the molecule is O=Cc1ccc(OCc2ncccn2)c(C(F)(F)F)c1. The molecule has 20 heavy (non-hydrogen) atoms. The molecule has 1 aromatic heterocycles. The molecule has 4 nitrogen and oxygen atoms in total. The van der Waals surface area contributed by atoms with E-state index in [9.17, 15) is 18.0 Å². The Kier molecular flexibility index (Phi) is 3.97. The summed E-state index contributed by atoms with van der Waals surface area (Å²) in [7, 11) is 0. The summed E-state index contributed by atoms with van der Waals surface area (Å²) in [5.74, 6) is -0.101. The monoisotopic (exact) mass is 282 g/mol. The van der Waals surface area contributed by atoms with E-state index in [0.717, 1.165) is 12.1 Å². The lowest BCUT2D eigenvalue weighted by molar-refractivity contribution is -0.139. The first-order valence-electron chi connectivity index (χ1n) is 5.56. The van der Waals surface area contributed by atoms with Crippen LogP contribution in [-0.4, -0.2) is 16.3 Å². The molecule has 2 rings (SSSR count). The Morgan fingerprint density at radius 1 is 1.20 bits per heavy atom. The van der Waals surface area contributed by atoms with E-state index >= 15 is 0 Å². The molecular weight excluding hydrogens is 273 g/mol. The zero-order valence-corrected chi connectivity index (χ0v) is 10.1. The highest BCUT2D eigenvalue weighted by Crippen LogP contribution is 2.36. The number of carbonyl (C=O) groups is 1. The van der Waals surface area contributed by atoms with Gasteiger partial charge in [-0.2, -0.15) is 13.2 Å². The van der Waals surface area contributed by atoms with Crippen LogP contribution in [-0.2, 0) is 12.8 Å². The number of carbonyl (C=O) groups excluding carboxylic acids is 1. The number of nitrogens with zero attached hydrogens (tertiary/aromatic N) is 2. The number of aldehydes is 1. The number of ether oxygens (including phenoxy) is 1. The lowest BCUT2D eigenvalue weighted by Gasteiger charge is -2.13. The Morgan fingerprint density at radius 3 is 2.50 bits per heavy atom. The molecule has 2 aromatic rings. The van der Waals surface area contributed by atoms with E-state index in [1.165, 1.54) is 18.5 Å². The second kappa shape index (κ2) is 5.68. The van der Waals surface area contributed by atoms with E-state index in [1.807, 2.05) is 0 Å². The van der Waals surface area contributed by atoms with Crippen LogP contribution in [0.5, 0.6) is 5.75 Å². The second-order valence-corrected chi connectivity index (χ2v) is 3.82. The predicted octanol–water partition coefficient (Wildman–Crippen LogP) is 2.89. The topological polar surface area (TPSA) is 52.1 Å². The molecule has 0 aliphatic heterocycles. The highest BCUT2D eigenvalue weighted by Gasteiger charge is 2.34. The maximum atomic E-state index is 12.9. The van der Waals surface area contributed by atoms with Gasteiger partial charge in [-0.25, -0.2) is 9.97 Å². The fourth-order valence-electron chi connectivity index (χ4n) is 1.52. The quantitative estimate of drug-likeness (QED) is 0.809. The maximum absolute atomic E-state index is 12.9. The van der Waals surface area contributed by atoms with Crippen molar-refractivity contribution in [3.05, 3.63) is 53.6 Å². The molecule has 7 heteroatoms. The fourth-order valence-corrected chi connectivity index (χ4v) is 1.52.